The SMILES string of the molecule is Cc1cc2c3c(c1)N(c1ccc4oc5ccccc5c4c1)c1cc(C(C)(C)C)ccc1B3c1ccc(N3c4ccc(C(C)(C)C)cc4C4(C)CCCCC34C)cc1N2c1cccc(C(C)(C)C)c1. The zero-order valence-corrected chi connectivity index (χ0v) is 42.4. The molecular weight excluding hydrogens is 826 g/mol. The van der Waals surface area contributed by atoms with Crippen LogP contribution in [-0.4, -0.2) is 12.3 Å². The maximum atomic E-state index is 6.41. The molecule has 1 saturated carbocycles. The van der Waals surface area contributed by atoms with Crippen LogP contribution >= 0.6 is 0 Å². The zero-order chi connectivity index (χ0) is 47.4. The van der Waals surface area contributed by atoms with Crippen LogP contribution in [0.3, 0.4) is 0 Å². The fraction of sp³-hybridized carbons (Fsp3) is 0.333. The van der Waals surface area contributed by atoms with Crippen LogP contribution < -0.4 is 31.1 Å². The van der Waals surface area contributed by atoms with Crippen molar-refractivity contribution in [2.75, 3.05) is 14.7 Å². The number of aryl methyl sites for hydroxylation is 1. The topological polar surface area (TPSA) is 22.9 Å². The molecule has 68 heavy (non-hydrogen) atoms. The number of para-hydroxylation sites is 1. The summed E-state index contributed by atoms with van der Waals surface area (Å²) in [6, 6.07) is 51.8. The highest BCUT2D eigenvalue weighted by Gasteiger charge is 2.58. The molecule has 4 heterocycles. The Labute approximate surface area is 405 Å². The van der Waals surface area contributed by atoms with Crippen molar-refractivity contribution in [1.82, 2.24) is 0 Å². The molecule has 7 aromatic carbocycles. The zero-order valence-electron chi connectivity index (χ0n) is 42.4. The van der Waals surface area contributed by atoms with E-state index in [0.717, 1.165) is 34.0 Å². The van der Waals surface area contributed by atoms with Crippen molar-refractivity contribution in [2.45, 2.75) is 136 Å². The monoisotopic (exact) mass is 892 g/mol. The Kier molecular flexibility index (Phi) is 9.14. The second kappa shape index (κ2) is 14.4. The maximum absolute atomic E-state index is 6.41. The molecule has 0 amide bonds. The van der Waals surface area contributed by atoms with Crippen molar-refractivity contribution in [3.05, 3.63) is 161 Å². The van der Waals surface area contributed by atoms with Crippen molar-refractivity contribution in [2.24, 2.45) is 0 Å². The van der Waals surface area contributed by atoms with Crippen LogP contribution in [0.15, 0.2) is 138 Å². The molecule has 0 saturated heterocycles. The van der Waals surface area contributed by atoms with E-state index in [2.05, 4.69) is 231 Å². The van der Waals surface area contributed by atoms with E-state index >= 15 is 0 Å². The number of benzene rings is 7. The van der Waals surface area contributed by atoms with Gasteiger partial charge in [0.25, 0.3) is 6.71 Å². The van der Waals surface area contributed by atoms with Crippen molar-refractivity contribution in [3.8, 4) is 0 Å². The average molecular weight is 892 g/mol. The molecule has 1 fully saturated rings. The van der Waals surface area contributed by atoms with Gasteiger partial charge < -0.3 is 19.1 Å². The highest BCUT2D eigenvalue weighted by Crippen LogP contribution is 2.61. The highest BCUT2D eigenvalue weighted by atomic mass is 16.3. The Balaban J connectivity index is 1.13. The molecule has 1 aliphatic carbocycles. The molecule has 12 rings (SSSR count). The molecule has 2 unspecified atom stereocenters. The maximum Gasteiger partial charge on any atom is 0.252 e. The summed E-state index contributed by atoms with van der Waals surface area (Å²) in [6.07, 6.45) is 4.86. The average Bonchev–Trinajstić information content (AvgIpc) is 3.76. The van der Waals surface area contributed by atoms with E-state index in [4.69, 9.17) is 4.42 Å². The summed E-state index contributed by atoms with van der Waals surface area (Å²) in [5.41, 5.74) is 22.6. The van der Waals surface area contributed by atoms with Gasteiger partial charge in [0.1, 0.15) is 11.2 Å². The Morgan fingerprint density at radius 3 is 1.79 bits per heavy atom. The molecule has 4 nitrogen and oxygen atoms in total. The van der Waals surface area contributed by atoms with E-state index in [1.165, 1.54) is 103 Å². The van der Waals surface area contributed by atoms with Gasteiger partial charge >= 0.3 is 0 Å². The molecule has 5 heteroatoms. The van der Waals surface area contributed by atoms with E-state index in [9.17, 15) is 0 Å². The van der Waals surface area contributed by atoms with Crippen LogP contribution in [0.1, 0.15) is 130 Å². The molecule has 1 aromatic heterocycles. The number of rotatable bonds is 3. The summed E-state index contributed by atoms with van der Waals surface area (Å²) in [7, 11) is 0. The Morgan fingerprint density at radius 1 is 0.485 bits per heavy atom. The Morgan fingerprint density at radius 2 is 1.07 bits per heavy atom. The third-order valence-electron chi connectivity index (χ3n) is 16.9. The van der Waals surface area contributed by atoms with E-state index < -0.39 is 0 Å². The summed E-state index contributed by atoms with van der Waals surface area (Å²) in [5, 5.41) is 2.27. The minimum atomic E-state index is -0.0750. The molecule has 342 valence electrons. The quantitative estimate of drug-likeness (QED) is 0.165. The van der Waals surface area contributed by atoms with Gasteiger partial charge in [0.2, 0.25) is 0 Å². The minimum absolute atomic E-state index is 0.0150. The second-order valence-corrected chi connectivity index (χ2v) is 24.3. The van der Waals surface area contributed by atoms with Crippen LogP contribution in [0.2, 0.25) is 0 Å². The predicted molar refractivity (Wildman–Crippen MR) is 291 cm³/mol. The largest absolute Gasteiger partial charge is 0.456 e. The summed E-state index contributed by atoms with van der Waals surface area (Å²) >= 11 is 0. The molecule has 0 spiro atoms. The third kappa shape index (κ3) is 6.19. The first kappa shape index (κ1) is 43.1. The van der Waals surface area contributed by atoms with Crippen LogP contribution in [0.25, 0.3) is 21.9 Å². The van der Waals surface area contributed by atoms with Gasteiger partial charge in [0.15, 0.2) is 0 Å². The first-order valence-corrected chi connectivity index (χ1v) is 25.2. The number of anilines is 8. The lowest BCUT2D eigenvalue weighted by atomic mass is 9.33. The van der Waals surface area contributed by atoms with Gasteiger partial charge in [0, 0.05) is 61.7 Å². The van der Waals surface area contributed by atoms with Crippen molar-refractivity contribution < 1.29 is 4.42 Å². The first-order chi connectivity index (χ1) is 32.2. The molecule has 3 aliphatic heterocycles. The standard InChI is InChI=1S/C63H66BN3O/c1-39-32-54-58-55(33-39)66(44-25-29-57-47(37-44)46-20-13-14-21-56(46)68-57)52-36-42(61(8,9)10)22-26-49(52)64(58)50-27-24-45(38-53(50)65(54)43-19-17-18-40(34-43)59(2,3)4)67-51-28-23-41(60(5,6)7)35-48(51)62(11)30-15-16-31-63(62,67)12/h13-14,17-29,32-38H,15-16,30-31H2,1-12H3. The van der Waals surface area contributed by atoms with Gasteiger partial charge in [-0.3, -0.25) is 0 Å². The number of hydrogen-bond acceptors (Lipinski definition) is 4. The number of nitrogens with zero attached hydrogens (tertiary/aromatic N) is 3. The lowest BCUT2D eigenvalue weighted by Gasteiger charge is -2.50. The lowest BCUT2D eigenvalue weighted by Crippen LogP contribution is -2.61. The van der Waals surface area contributed by atoms with Gasteiger partial charge in [-0.15, -0.1) is 0 Å². The van der Waals surface area contributed by atoms with Gasteiger partial charge in [-0.05, 0) is 160 Å². The van der Waals surface area contributed by atoms with E-state index in [1.54, 1.807) is 0 Å². The fourth-order valence-corrected chi connectivity index (χ4v) is 12.8. The normalized spacial score (nSPS) is 19.8. The molecular formula is C63H66BN3O. The van der Waals surface area contributed by atoms with Gasteiger partial charge in [0.05, 0.1) is 5.54 Å². The minimum Gasteiger partial charge on any atom is -0.456 e. The number of furan rings is 1. The lowest BCUT2D eigenvalue weighted by molar-refractivity contribution is 0.195. The summed E-state index contributed by atoms with van der Waals surface area (Å²) in [6.45, 7) is 28.5. The van der Waals surface area contributed by atoms with Crippen LogP contribution in [0.5, 0.6) is 0 Å². The van der Waals surface area contributed by atoms with Crippen molar-refractivity contribution >= 4 is 90.5 Å². The van der Waals surface area contributed by atoms with Gasteiger partial charge in [-0.1, -0.05) is 143 Å². The van der Waals surface area contributed by atoms with Crippen molar-refractivity contribution in [1.29, 1.82) is 0 Å². The second-order valence-electron chi connectivity index (χ2n) is 24.3. The van der Waals surface area contributed by atoms with E-state index in [0.29, 0.717) is 0 Å². The Hall–Kier alpha value is -6.20. The molecule has 2 atom stereocenters. The fourth-order valence-electron chi connectivity index (χ4n) is 12.8. The molecule has 4 aliphatic rings. The van der Waals surface area contributed by atoms with Crippen LogP contribution in [0.4, 0.5) is 45.5 Å². The van der Waals surface area contributed by atoms with Crippen LogP contribution in [-0.2, 0) is 21.7 Å². The van der Waals surface area contributed by atoms with Crippen molar-refractivity contribution in [3.63, 3.8) is 0 Å². The highest BCUT2D eigenvalue weighted by molar-refractivity contribution is 7.00. The smallest absolute Gasteiger partial charge is 0.252 e. The molecule has 0 bridgehead atoms. The summed E-state index contributed by atoms with van der Waals surface area (Å²) in [4.78, 5) is 7.96. The van der Waals surface area contributed by atoms with Gasteiger partial charge in [-0.2, -0.15) is 0 Å². The van der Waals surface area contributed by atoms with Crippen LogP contribution in [0, 0.1) is 6.92 Å². The third-order valence-corrected chi connectivity index (χ3v) is 16.9. The molecule has 0 N–H and O–H groups in total. The predicted octanol–water partition coefficient (Wildman–Crippen LogP) is 15.6. The first-order valence-electron chi connectivity index (χ1n) is 25.2. The van der Waals surface area contributed by atoms with E-state index in [-0.39, 0.29) is 33.9 Å². The summed E-state index contributed by atoms with van der Waals surface area (Å²) < 4.78 is 6.41. The van der Waals surface area contributed by atoms with E-state index in [1.807, 2.05) is 0 Å². The number of fused-ring (bicyclic) bond motifs is 10. The van der Waals surface area contributed by atoms with Gasteiger partial charge in [-0.25, -0.2) is 0 Å². The molecule has 0 radical (unpaired) electrons. The summed E-state index contributed by atoms with van der Waals surface area (Å²) in [5.74, 6) is 0. The number of hydrogen-bond donors (Lipinski definition) is 0. The Bertz CT molecular complexity index is 3390. The molecule has 8 aromatic rings.